The van der Waals surface area contributed by atoms with Crippen LogP contribution in [-0.2, 0) is 11.2 Å². The highest BCUT2D eigenvalue weighted by molar-refractivity contribution is 7.80. The number of ether oxygens (including phenoxy) is 1. The first-order chi connectivity index (χ1) is 14.4. The lowest BCUT2D eigenvalue weighted by molar-refractivity contribution is -0.116. The van der Waals surface area contributed by atoms with E-state index in [1.165, 1.54) is 0 Å². The Morgan fingerprint density at radius 2 is 2.03 bits per heavy atom. The Labute approximate surface area is 183 Å². The van der Waals surface area contributed by atoms with Gasteiger partial charge in [-0.1, -0.05) is 23.7 Å². The minimum atomic E-state index is -1.58. The Hall–Kier alpha value is -2.45. The molecule has 0 saturated carbocycles. The Morgan fingerprint density at radius 3 is 2.80 bits per heavy atom. The summed E-state index contributed by atoms with van der Waals surface area (Å²) in [7, 11) is 0. The average Bonchev–Trinajstić information content (AvgIpc) is 2.72. The number of amides is 1. The Kier molecular flexibility index (Phi) is 5.79. The zero-order valence-electron chi connectivity index (χ0n) is 15.9. The molecule has 0 spiro atoms. The number of benzene rings is 2. The molecule has 0 radical (unpaired) electrons. The third kappa shape index (κ3) is 4.20. The minimum Gasteiger partial charge on any atom is -0.481 e. The number of carbonyl (C=O) groups excluding carboxylic acids is 1. The molecule has 0 unspecified atom stereocenters. The van der Waals surface area contributed by atoms with Crippen LogP contribution in [0.4, 0.5) is 20.2 Å². The van der Waals surface area contributed by atoms with Gasteiger partial charge in [-0.25, -0.2) is 8.78 Å². The van der Waals surface area contributed by atoms with E-state index >= 15 is 0 Å². The Bertz CT molecular complexity index is 1000. The van der Waals surface area contributed by atoms with Gasteiger partial charge in [0.2, 0.25) is 5.91 Å². The summed E-state index contributed by atoms with van der Waals surface area (Å²) in [5, 5.41) is 9.75. The number of thiocarbonyl (C=S) groups is 1. The number of aryl methyl sites for hydroxylation is 1. The Morgan fingerprint density at radius 1 is 1.23 bits per heavy atom. The molecule has 2 heterocycles. The van der Waals surface area contributed by atoms with Crippen LogP contribution in [0.15, 0.2) is 36.4 Å². The van der Waals surface area contributed by atoms with Gasteiger partial charge in [-0.3, -0.25) is 4.79 Å². The van der Waals surface area contributed by atoms with Gasteiger partial charge in [-0.2, -0.15) is 0 Å². The maximum atomic E-state index is 13.7. The zero-order valence-corrected chi connectivity index (χ0v) is 17.5. The molecular formula is C21H20ClF2N3O2S. The van der Waals surface area contributed by atoms with Gasteiger partial charge in [0, 0.05) is 34.8 Å². The highest BCUT2D eigenvalue weighted by Gasteiger charge is 2.42. The minimum absolute atomic E-state index is 0.0217. The first-order valence-electron chi connectivity index (χ1n) is 9.52. The van der Waals surface area contributed by atoms with Crippen molar-refractivity contribution in [1.82, 2.24) is 5.32 Å². The fourth-order valence-corrected chi connectivity index (χ4v) is 4.17. The van der Waals surface area contributed by atoms with Crippen LogP contribution >= 0.6 is 23.8 Å². The topological polar surface area (TPSA) is 62.4 Å². The highest BCUT2D eigenvalue weighted by Crippen LogP contribution is 2.41. The van der Waals surface area contributed by atoms with Crippen LogP contribution < -0.4 is 20.7 Å². The van der Waals surface area contributed by atoms with Gasteiger partial charge in [0.05, 0.1) is 6.04 Å². The molecule has 2 aliphatic rings. The number of carbonyl (C=O) groups is 1. The van der Waals surface area contributed by atoms with Crippen molar-refractivity contribution in [3.8, 4) is 5.75 Å². The number of fused-ring (bicyclic) bond motifs is 2. The van der Waals surface area contributed by atoms with Crippen molar-refractivity contribution in [2.75, 3.05) is 24.0 Å². The lowest BCUT2D eigenvalue weighted by Gasteiger charge is -2.39. The predicted octanol–water partition coefficient (Wildman–Crippen LogP) is 4.71. The van der Waals surface area contributed by atoms with E-state index in [4.69, 9.17) is 28.6 Å². The quantitative estimate of drug-likeness (QED) is 0.587. The van der Waals surface area contributed by atoms with Crippen LogP contribution in [0.5, 0.6) is 5.75 Å². The normalized spacial score (nSPS) is 19.0. The molecule has 4 rings (SSSR count). The summed E-state index contributed by atoms with van der Waals surface area (Å²) < 4.78 is 33.0. The monoisotopic (exact) mass is 451 g/mol. The molecule has 0 aromatic heterocycles. The second-order valence-electron chi connectivity index (χ2n) is 7.51. The van der Waals surface area contributed by atoms with Crippen molar-refractivity contribution in [2.45, 2.75) is 30.9 Å². The van der Waals surface area contributed by atoms with E-state index in [1.807, 2.05) is 18.2 Å². The SMILES string of the molecule is O=C1CCc2ccc(NC(=S)N[C@@H]3CC(CF)(CF)Oc4cc(Cl)ccc43)cc2N1. The van der Waals surface area contributed by atoms with Crippen molar-refractivity contribution in [2.24, 2.45) is 0 Å². The van der Waals surface area contributed by atoms with E-state index < -0.39 is 25.0 Å². The predicted molar refractivity (Wildman–Crippen MR) is 117 cm³/mol. The van der Waals surface area contributed by atoms with E-state index in [0.717, 1.165) is 16.8 Å². The largest absolute Gasteiger partial charge is 0.481 e. The molecule has 2 aromatic carbocycles. The molecule has 158 valence electrons. The van der Waals surface area contributed by atoms with Gasteiger partial charge < -0.3 is 20.7 Å². The second-order valence-corrected chi connectivity index (χ2v) is 8.35. The van der Waals surface area contributed by atoms with Gasteiger partial charge in [-0.05, 0) is 48.5 Å². The molecule has 0 fully saturated rings. The number of hydrogen-bond donors (Lipinski definition) is 3. The maximum absolute atomic E-state index is 13.7. The summed E-state index contributed by atoms with van der Waals surface area (Å²) in [6, 6.07) is 10.2. The summed E-state index contributed by atoms with van der Waals surface area (Å²) >= 11 is 11.5. The van der Waals surface area contributed by atoms with Crippen LogP contribution in [0, 0.1) is 0 Å². The molecule has 5 nitrogen and oxygen atoms in total. The van der Waals surface area contributed by atoms with Crippen molar-refractivity contribution < 1.29 is 18.3 Å². The van der Waals surface area contributed by atoms with E-state index in [0.29, 0.717) is 29.3 Å². The fourth-order valence-electron chi connectivity index (χ4n) is 3.74. The third-order valence-electron chi connectivity index (χ3n) is 5.31. The number of alkyl halides is 2. The number of hydrogen-bond acceptors (Lipinski definition) is 3. The molecule has 9 heteroatoms. The number of nitrogens with one attached hydrogen (secondary N) is 3. The van der Waals surface area contributed by atoms with Gasteiger partial charge in [-0.15, -0.1) is 0 Å². The van der Waals surface area contributed by atoms with Crippen LogP contribution in [-0.4, -0.2) is 30.0 Å². The summed E-state index contributed by atoms with van der Waals surface area (Å²) in [6.45, 7) is -1.95. The first-order valence-corrected chi connectivity index (χ1v) is 10.3. The first kappa shape index (κ1) is 20.8. The standard InChI is InChI=1S/C21H20ClF2N3O2S/c22-13-3-5-15-17(9-21(10-23,11-24)29-18(15)7-13)27-20(30)25-14-4-1-12-2-6-19(28)26-16(12)8-14/h1,3-5,7-8,17H,2,6,9-11H2,(H,26,28)(H2,25,27,30)/t17-/m1/s1. The highest BCUT2D eigenvalue weighted by atomic mass is 35.5. The van der Waals surface area contributed by atoms with Crippen LogP contribution in [0.2, 0.25) is 5.02 Å². The van der Waals surface area contributed by atoms with Gasteiger partial charge in [0.15, 0.2) is 10.7 Å². The average molecular weight is 452 g/mol. The summed E-state index contributed by atoms with van der Waals surface area (Å²) in [5.41, 5.74) is 1.64. The van der Waals surface area contributed by atoms with Crippen molar-refractivity contribution in [1.29, 1.82) is 0 Å². The van der Waals surface area contributed by atoms with E-state index in [-0.39, 0.29) is 17.4 Å². The van der Waals surface area contributed by atoms with Crippen molar-refractivity contribution >= 4 is 46.2 Å². The van der Waals surface area contributed by atoms with E-state index in [2.05, 4.69) is 16.0 Å². The van der Waals surface area contributed by atoms with Gasteiger partial charge in [0.25, 0.3) is 0 Å². The number of rotatable bonds is 4. The van der Waals surface area contributed by atoms with Crippen LogP contribution in [0.1, 0.15) is 30.0 Å². The molecular weight excluding hydrogens is 432 g/mol. The van der Waals surface area contributed by atoms with E-state index in [1.54, 1.807) is 18.2 Å². The van der Waals surface area contributed by atoms with Crippen molar-refractivity contribution in [3.05, 3.63) is 52.5 Å². The summed E-state index contributed by atoms with van der Waals surface area (Å²) in [4.78, 5) is 11.6. The number of halogens is 3. The molecule has 2 aliphatic heterocycles. The van der Waals surface area contributed by atoms with Crippen molar-refractivity contribution in [3.63, 3.8) is 0 Å². The smallest absolute Gasteiger partial charge is 0.224 e. The second kappa shape index (κ2) is 8.35. The molecule has 1 amide bonds. The summed E-state index contributed by atoms with van der Waals surface area (Å²) in [5.74, 6) is 0.312. The molecule has 0 bridgehead atoms. The fraction of sp³-hybridized carbons (Fsp3) is 0.333. The van der Waals surface area contributed by atoms with Crippen LogP contribution in [0.25, 0.3) is 0 Å². The number of anilines is 2. The third-order valence-corrected chi connectivity index (χ3v) is 5.76. The zero-order chi connectivity index (χ0) is 21.3. The van der Waals surface area contributed by atoms with E-state index in [9.17, 15) is 13.6 Å². The molecule has 2 aromatic rings. The Balaban J connectivity index is 1.52. The lowest BCUT2D eigenvalue weighted by atomic mass is 9.88. The summed E-state index contributed by atoms with van der Waals surface area (Å²) in [6.07, 6.45) is 1.23. The molecule has 3 N–H and O–H groups in total. The maximum Gasteiger partial charge on any atom is 0.224 e. The van der Waals surface area contributed by atoms with Crippen LogP contribution in [0.3, 0.4) is 0 Å². The molecule has 0 saturated heterocycles. The molecule has 30 heavy (non-hydrogen) atoms. The molecule has 1 atom stereocenters. The lowest BCUT2D eigenvalue weighted by Crippen LogP contribution is -2.49. The van der Waals surface area contributed by atoms with Gasteiger partial charge in [0.1, 0.15) is 19.1 Å². The molecule has 0 aliphatic carbocycles. The van der Waals surface area contributed by atoms with Gasteiger partial charge >= 0.3 is 0 Å².